The van der Waals surface area contributed by atoms with Gasteiger partial charge in [0.05, 0.1) is 25.2 Å². The number of rotatable bonds is 7. The number of carbonyl (C=O) groups excluding carboxylic acids is 2. The summed E-state index contributed by atoms with van der Waals surface area (Å²) >= 11 is 0. The van der Waals surface area contributed by atoms with Crippen molar-refractivity contribution in [2.45, 2.75) is 37.6 Å². The van der Waals surface area contributed by atoms with Crippen molar-refractivity contribution in [2.24, 2.45) is 0 Å². The lowest BCUT2D eigenvalue weighted by Crippen LogP contribution is -2.58. The molecule has 1 fully saturated rings. The minimum atomic E-state index is -4.43. The van der Waals surface area contributed by atoms with E-state index in [4.69, 9.17) is 4.74 Å². The molecular formula is C22H23F3N2O3. The Hall–Kier alpha value is -2.71. The number of hydrogen-bond acceptors (Lipinski definition) is 4. The van der Waals surface area contributed by atoms with E-state index in [0.29, 0.717) is 25.1 Å². The first-order valence-corrected chi connectivity index (χ1v) is 9.66. The molecule has 2 aromatic carbocycles. The highest BCUT2D eigenvalue weighted by Crippen LogP contribution is 2.29. The van der Waals surface area contributed by atoms with Gasteiger partial charge in [0.25, 0.3) is 0 Å². The zero-order valence-electron chi connectivity index (χ0n) is 16.3. The summed E-state index contributed by atoms with van der Waals surface area (Å²) < 4.78 is 43.6. The molecular weight excluding hydrogens is 397 g/mol. The minimum Gasteiger partial charge on any atom is -0.374 e. The second-order valence-electron chi connectivity index (χ2n) is 7.34. The number of hydrogen-bond donors (Lipinski definition) is 2. The predicted molar refractivity (Wildman–Crippen MR) is 104 cm³/mol. The first-order chi connectivity index (χ1) is 14.3. The third-order valence-electron chi connectivity index (χ3n) is 5.04. The molecule has 0 bridgehead atoms. The van der Waals surface area contributed by atoms with Crippen LogP contribution < -0.4 is 10.6 Å². The number of benzene rings is 2. The molecule has 1 saturated heterocycles. The second kappa shape index (κ2) is 9.40. The van der Waals surface area contributed by atoms with E-state index in [1.54, 1.807) is 0 Å². The van der Waals surface area contributed by atoms with Gasteiger partial charge >= 0.3 is 6.18 Å². The summed E-state index contributed by atoms with van der Waals surface area (Å²) in [6, 6.07) is 13.8. The maximum atomic E-state index is 12.8. The molecule has 0 aliphatic carbocycles. The Morgan fingerprint density at radius 3 is 2.33 bits per heavy atom. The highest BCUT2D eigenvalue weighted by atomic mass is 19.4. The zero-order valence-corrected chi connectivity index (χ0v) is 16.3. The van der Waals surface area contributed by atoms with Crippen molar-refractivity contribution < 1.29 is 27.5 Å². The lowest BCUT2D eigenvalue weighted by Gasteiger charge is -2.27. The van der Waals surface area contributed by atoms with E-state index in [1.807, 2.05) is 30.3 Å². The largest absolute Gasteiger partial charge is 0.416 e. The topological polar surface area (TPSA) is 67.4 Å². The number of nitrogens with one attached hydrogen (secondary N) is 2. The molecule has 1 aliphatic heterocycles. The number of alkyl halides is 3. The monoisotopic (exact) mass is 420 g/mol. The van der Waals surface area contributed by atoms with Gasteiger partial charge in [0.2, 0.25) is 11.8 Å². The van der Waals surface area contributed by atoms with Gasteiger partial charge in [0.1, 0.15) is 5.54 Å². The first kappa shape index (κ1) is 22.0. The molecule has 1 heterocycles. The van der Waals surface area contributed by atoms with Crippen LogP contribution in [0.5, 0.6) is 0 Å². The molecule has 5 nitrogen and oxygen atoms in total. The first-order valence-electron chi connectivity index (χ1n) is 9.66. The van der Waals surface area contributed by atoms with Crippen molar-refractivity contribution in [3.63, 3.8) is 0 Å². The van der Waals surface area contributed by atoms with Crippen LogP contribution in [0.4, 0.5) is 13.2 Å². The Kier molecular flexibility index (Phi) is 6.89. The molecule has 3 rings (SSSR count). The molecule has 0 spiro atoms. The highest BCUT2D eigenvalue weighted by molar-refractivity contribution is 6.00. The quantitative estimate of drug-likeness (QED) is 0.722. The summed E-state index contributed by atoms with van der Waals surface area (Å²) in [4.78, 5) is 25.0. The van der Waals surface area contributed by atoms with Gasteiger partial charge in [0, 0.05) is 0 Å². The summed E-state index contributed by atoms with van der Waals surface area (Å²) in [5.74, 6) is -1.05. The Morgan fingerprint density at radius 2 is 1.73 bits per heavy atom. The lowest BCUT2D eigenvalue weighted by atomic mass is 9.97. The fraction of sp³-hybridized carbons (Fsp3) is 0.364. The van der Waals surface area contributed by atoms with E-state index in [0.717, 1.165) is 24.1 Å². The zero-order chi connectivity index (χ0) is 21.6. The maximum absolute atomic E-state index is 12.8. The Balaban J connectivity index is 1.55. The van der Waals surface area contributed by atoms with Gasteiger partial charge in [-0.3, -0.25) is 14.9 Å². The SMILES string of the molecule is O=C(Cc1ccc(C(F)(F)F)cc1)NC(=O)C1(COCc2ccccc2)CCCN1. The molecule has 2 amide bonds. The molecule has 1 unspecified atom stereocenters. The molecule has 2 N–H and O–H groups in total. The summed E-state index contributed by atoms with van der Waals surface area (Å²) in [7, 11) is 0. The van der Waals surface area contributed by atoms with Crippen LogP contribution in [-0.4, -0.2) is 30.5 Å². The average molecular weight is 420 g/mol. The normalized spacial score (nSPS) is 18.9. The summed E-state index contributed by atoms with van der Waals surface area (Å²) in [6.07, 6.45) is -3.32. The van der Waals surface area contributed by atoms with Crippen molar-refractivity contribution in [2.75, 3.05) is 13.2 Å². The molecule has 8 heteroatoms. The smallest absolute Gasteiger partial charge is 0.374 e. The molecule has 1 atom stereocenters. The molecule has 0 radical (unpaired) electrons. The van der Waals surface area contributed by atoms with Crippen LogP contribution in [0.2, 0.25) is 0 Å². The van der Waals surface area contributed by atoms with Crippen molar-refractivity contribution in [1.29, 1.82) is 0 Å². The van der Waals surface area contributed by atoms with Crippen LogP contribution in [0.15, 0.2) is 54.6 Å². The van der Waals surface area contributed by atoms with Crippen molar-refractivity contribution >= 4 is 11.8 Å². The second-order valence-corrected chi connectivity index (χ2v) is 7.34. The molecule has 0 saturated carbocycles. The van der Waals surface area contributed by atoms with Crippen LogP contribution >= 0.6 is 0 Å². The lowest BCUT2D eigenvalue weighted by molar-refractivity contribution is -0.138. The maximum Gasteiger partial charge on any atom is 0.416 e. The van der Waals surface area contributed by atoms with Crippen molar-refractivity contribution in [1.82, 2.24) is 10.6 Å². The number of amides is 2. The minimum absolute atomic E-state index is 0.112. The summed E-state index contributed by atoms with van der Waals surface area (Å²) in [5, 5.41) is 5.50. The molecule has 30 heavy (non-hydrogen) atoms. The fourth-order valence-corrected chi connectivity index (χ4v) is 3.39. The third-order valence-corrected chi connectivity index (χ3v) is 5.04. The standard InChI is InChI=1S/C22H23F3N2O3/c23-22(24,25)18-9-7-16(8-10-18)13-19(28)27-20(29)21(11-4-12-26-21)15-30-14-17-5-2-1-3-6-17/h1-3,5-10,26H,4,11-15H2,(H,27,28,29). The van der Waals surface area contributed by atoms with E-state index in [9.17, 15) is 22.8 Å². The van der Waals surface area contributed by atoms with Gasteiger partial charge in [0.15, 0.2) is 0 Å². The van der Waals surface area contributed by atoms with Crippen molar-refractivity contribution in [3.05, 3.63) is 71.3 Å². The average Bonchev–Trinajstić information content (AvgIpc) is 3.19. The van der Waals surface area contributed by atoms with Crippen molar-refractivity contribution in [3.8, 4) is 0 Å². The fourth-order valence-electron chi connectivity index (χ4n) is 3.39. The molecule has 1 aliphatic rings. The Morgan fingerprint density at radius 1 is 1.03 bits per heavy atom. The van der Waals surface area contributed by atoms with Crippen LogP contribution in [0.3, 0.4) is 0 Å². The number of halogens is 3. The third kappa shape index (κ3) is 5.67. The van der Waals surface area contributed by atoms with Crippen LogP contribution in [0.25, 0.3) is 0 Å². The number of imide groups is 1. The van der Waals surface area contributed by atoms with Gasteiger partial charge in [-0.1, -0.05) is 42.5 Å². The Labute approximate surface area is 172 Å². The summed E-state index contributed by atoms with van der Waals surface area (Å²) in [5.41, 5.74) is -0.413. The van der Waals surface area contributed by atoms with Gasteiger partial charge in [-0.15, -0.1) is 0 Å². The van der Waals surface area contributed by atoms with E-state index >= 15 is 0 Å². The number of carbonyl (C=O) groups is 2. The Bertz CT molecular complexity index is 861. The summed E-state index contributed by atoms with van der Waals surface area (Å²) in [6.45, 7) is 1.09. The van der Waals surface area contributed by atoms with Crippen LogP contribution in [0.1, 0.15) is 29.5 Å². The molecule has 2 aromatic rings. The van der Waals surface area contributed by atoms with Crippen LogP contribution in [0, 0.1) is 0 Å². The van der Waals surface area contributed by atoms with Gasteiger partial charge in [-0.25, -0.2) is 0 Å². The van der Waals surface area contributed by atoms with E-state index < -0.39 is 29.1 Å². The molecule has 0 aromatic heterocycles. The predicted octanol–water partition coefficient (Wildman–Crippen LogP) is 3.23. The number of ether oxygens (including phenoxy) is 1. The van der Waals surface area contributed by atoms with Gasteiger partial charge in [-0.05, 0) is 42.6 Å². The van der Waals surface area contributed by atoms with Gasteiger partial charge < -0.3 is 10.1 Å². The van der Waals surface area contributed by atoms with E-state index in [2.05, 4.69) is 10.6 Å². The van der Waals surface area contributed by atoms with E-state index in [-0.39, 0.29) is 13.0 Å². The molecule has 160 valence electrons. The highest BCUT2D eigenvalue weighted by Gasteiger charge is 2.42. The van der Waals surface area contributed by atoms with Crippen LogP contribution in [-0.2, 0) is 33.5 Å². The van der Waals surface area contributed by atoms with Gasteiger partial charge in [-0.2, -0.15) is 13.2 Å². The van der Waals surface area contributed by atoms with E-state index in [1.165, 1.54) is 12.1 Å².